The number of aldehydes is 1. The fourth-order valence-electron chi connectivity index (χ4n) is 1.83. The Morgan fingerprint density at radius 3 is 2.29 bits per heavy atom. The van der Waals surface area contributed by atoms with Gasteiger partial charge in [0, 0.05) is 6.42 Å². The minimum absolute atomic E-state index is 0.498. The van der Waals surface area contributed by atoms with Crippen LogP contribution >= 0.6 is 15.9 Å². The molecule has 0 saturated heterocycles. The van der Waals surface area contributed by atoms with Gasteiger partial charge in [-0.15, -0.1) is 0 Å². The van der Waals surface area contributed by atoms with Gasteiger partial charge in [-0.05, 0) is 46.0 Å². The molecule has 0 heterocycles. The van der Waals surface area contributed by atoms with Gasteiger partial charge in [0.15, 0.2) is 0 Å². The molecule has 0 aliphatic heterocycles. The Balaban J connectivity index is 3.28. The molecule has 1 aromatic rings. The van der Waals surface area contributed by atoms with Crippen molar-refractivity contribution in [2.45, 2.75) is 26.2 Å². The molecule has 4 heteroatoms. The normalized spacial score (nSPS) is 10.1. The monoisotopic (exact) mass is 300 g/mol. The van der Waals surface area contributed by atoms with Crippen LogP contribution in [0.3, 0.4) is 0 Å². The van der Waals surface area contributed by atoms with Crippen LogP contribution in [0, 0.1) is 0 Å². The van der Waals surface area contributed by atoms with E-state index in [0.29, 0.717) is 12.8 Å². The maximum atomic E-state index is 10.5. The fraction of sp³-hybridized carbons (Fsp3) is 0.462. The quantitative estimate of drug-likeness (QED) is 0.757. The summed E-state index contributed by atoms with van der Waals surface area (Å²) < 4.78 is 11.6. The number of aryl methyl sites for hydroxylation is 2. The van der Waals surface area contributed by atoms with Crippen LogP contribution in [-0.2, 0) is 17.6 Å². The third kappa shape index (κ3) is 3.00. The Morgan fingerprint density at radius 2 is 1.82 bits per heavy atom. The average Bonchev–Trinajstić information content (AvgIpc) is 2.35. The summed E-state index contributed by atoms with van der Waals surface area (Å²) in [7, 11) is 3.26. The highest BCUT2D eigenvalue weighted by atomic mass is 79.9. The van der Waals surface area contributed by atoms with Gasteiger partial charge >= 0.3 is 0 Å². The van der Waals surface area contributed by atoms with E-state index >= 15 is 0 Å². The Hall–Kier alpha value is -1.03. The van der Waals surface area contributed by atoms with Crippen LogP contribution in [0.25, 0.3) is 0 Å². The number of hydrogen-bond donors (Lipinski definition) is 0. The molecule has 3 nitrogen and oxygen atoms in total. The van der Waals surface area contributed by atoms with E-state index in [4.69, 9.17) is 9.47 Å². The largest absolute Gasteiger partial charge is 0.495 e. The molecule has 0 saturated carbocycles. The van der Waals surface area contributed by atoms with Gasteiger partial charge in [0.25, 0.3) is 0 Å². The number of methoxy groups -OCH3 is 2. The van der Waals surface area contributed by atoms with Crippen molar-refractivity contribution >= 4 is 22.2 Å². The SMILES string of the molecule is CCc1cc(CCC=O)c(OC)c(Br)c1OC. The fourth-order valence-corrected chi connectivity index (χ4v) is 2.66. The third-order valence-electron chi connectivity index (χ3n) is 2.65. The second kappa shape index (κ2) is 6.64. The summed E-state index contributed by atoms with van der Waals surface area (Å²) in [4.78, 5) is 10.5. The van der Waals surface area contributed by atoms with Crippen molar-refractivity contribution < 1.29 is 14.3 Å². The molecular weight excluding hydrogens is 284 g/mol. The summed E-state index contributed by atoms with van der Waals surface area (Å²) in [5.74, 6) is 1.56. The standard InChI is InChI=1S/C13H17BrO3/c1-4-9-8-10(6-5-7-15)13(17-3)11(14)12(9)16-2/h7-8H,4-6H2,1-3H3. The summed E-state index contributed by atoms with van der Waals surface area (Å²) >= 11 is 3.50. The van der Waals surface area contributed by atoms with Gasteiger partial charge in [-0.25, -0.2) is 0 Å². The molecule has 0 unspecified atom stereocenters. The Bertz CT molecular complexity index is 402. The molecule has 17 heavy (non-hydrogen) atoms. The highest BCUT2D eigenvalue weighted by Crippen LogP contribution is 2.40. The Kier molecular flexibility index (Phi) is 5.48. The van der Waals surface area contributed by atoms with E-state index in [1.54, 1.807) is 14.2 Å². The zero-order valence-electron chi connectivity index (χ0n) is 10.4. The topological polar surface area (TPSA) is 35.5 Å². The number of benzene rings is 1. The molecule has 0 aromatic heterocycles. The summed E-state index contributed by atoms with van der Waals surface area (Å²) in [5.41, 5.74) is 2.14. The molecule has 0 aliphatic rings. The van der Waals surface area contributed by atoms with Crippen molar-refractivity contribution in [2.75, 3.05) is 14.2 Å². The molecule has 0 N–H and O–H groups in total. The van der Waals surface area contributed by atoms with E-state index in [-0.39, 0.29) is 0 Å². The molecule has 0 atom stereocenters. The highest BCUT2D eigenvalue weighted by molar-refractivity contribution is 9.10. The van der Waals surface area contributed by atoms with Crippen molar-refractivity contribution in [3.8, 4) is 11.5 Å². The summed E-state index contributed by atoms with van der Waals surface area (Å²) in [5, 5.41) is 0. The first-order chi connectivity index (χ1) is 8.19. The van der Waals surface area contributed by atoms with E-state index in [0.717, 1.165) is 39.8 Å². The molecule has 0 aliphatic carbocycles. The van der Waals surface area contributed by atoms with E-state index in [2.05, 4.69) is 22.9 Å². The van der Waals surface area contributed by atoms with Crippen molar-refractivity contribution in [3.63, 3.8) is 0 Å². The number of ether oxygens (including phenoxy) is 2. The van der Waals surface area contributed by atoms with E-state index in [1.807, 2.05) is 6.07 Å². The minimum Gasteiger partial charge on any atom is -0.495 e. The average molecular weight is 301 g/mol. The predicted molar refractivity (Wildman–Crippen MR) is 71.0 cm³/mol. The van der Waals surface area contributed by atoms with E-state index in [9.17, 15) is 4.79 Å². The second-order valence-corrected chi connectivity index (χ2v) is 4.43. The van der Waals surface area contributed by atoms with Gasteiger partial charge in [-0.2, -0.15) is 0 Å². The van der Waals surface area contributed by atoms with Gasteiger partial charge in [-0.1, -0.05) is 6.92 Å². The zero-order chi connectivity index (χ0) is 12.8. The van der Waals surface area contributed by atoms with Crippen LogP contribution in [0.4, 0.5) is 0 Å². The lowest BCUT2D eigenvalue weighted by Crippen LogP contribution is -2.00. The predicted octanol–water partition coefficient (Wildman–Crippen LogP) is 3.16. The van der Waals surface area contributed by atoms with Crippen molar-refractivity contribution in [2.24, 2.45) is 0 Å². The maximum absolute atomic E-state index is 10.5. The van der Waals surface area contributed by atoms with Crippen molar-refractivity contribution in [1.29, 1.82) is 0 Å². The first kappa shape index (κ1) is 14.0. The molecule has 1 aromatic carbocycles. The Morgan fingerprint density at radius 1 is 1.24 bits per heavy atom. The lowest BCUT2D eigenvalue weighted by molar-refractivity contribution is -0.107. The highest BCUT2D eigenvalue weighted by Gasteiger charge is 2.16. The first-order valence-corrected chi connectivity index (χ1v) is 6.34. The molecule has 0 amide bonds. The van der Waals surface area contributed by atoms with E-state index in [1.165, 1.54) is 0 Å². The molecule has 0 spiro atoms. The number of halogens is 1. The van der Waals surface area contributed by atoms with Crippen LogP contribution in [0.15, 0.2) is 10.5 Å². The third-order valence-corrected chi connectivity index (χ3v) is 3.37. The van der Waals surface area contributed by atoms with E-state index < -0.39 is 0 Å². The molecule has 0 bridgehead atoms. The maximum Gasteiger partial charge on any atom is 0.140 e. The van der Waals surface area contributed by atoms with Crippen LogP contribution in [0.5, 0.6) is 11.5 Å². The van der Waals surface area contributed by atoms with Crippen LogP contribution in [0.2, 0.25) is 0 Å². The van der Waals surface area contributed by atoms with Crippen LogP contribution < -0.4 is 9.47 Å². The molecule has 0 radical (unpaired) electrons. The van der Waals surface area contributed by atoms with Crippen LogP contribution in [-0.4, -0.2) is 20.5 Å². The number of carbonyl (C=O) groups excluding carboxylic acids is 1. The second-order valence-electron chi connectivity index (χ2n) is 3.63. The minimum atomic E-state index is 0.498. The van der Waals surface area contributed by atoms with Gasteiger partial charge < -0.3 is 14.3 Å². The van der Waals surface area contributed by atoms with Gasteiger partial charge in [0.1, 0.15) is 22.3 Å². The smallest absolute Gasteiger partial charge is 0.140 e. The molecular formula is C13H17BrO3. The van der Waals surface area contributed by atoms with Gasteiger partial charge in [-0.3, -0.25) is 0 Å². The van der Waals surface area contributed by atoms with Gasteiger partial charge in [0.05, 0.1) is 14.2 Å². The Labute approximate surface area is 110 Å². The first-order valence-electron chi connectivity index (χ1n) is 5.55. The summed E-state index contributed by atoms with van der Waals surface area (Å²) in [6.07, 6.45) is 2.98. The van der Waals surface area contributed by atoms with Crippen molar-refractivity contribution in [1.82, 2.24) is 0 Å². The number of hydrogen-bond acceptors (Lipinski definition) is 3. The molecule has 1 rings (SSSR count). The lowest BCUT2D eigenvalue weighted by atomic mass is 10.0. The zero-order valence-corrected chi connectivity index (χ0v) is 12.0. The van der Waals surface area contributed by atoms with Gasteiger partial charge in [0.2, 0.25) is 0 Å². The lowest BCUT2D eigenvalue weighted by Gasteiger charge is -2.16. The summed E-state index contributed by atoms with van der Waals surface area (Å²) in [6.45, 7) is 2.07. The number of carbonyl (C=O) groups is 1. The molecule has 94 valence electrons. The number of rotatable bonds is 6. The van der Waals surface area contributed by atoms with Crippen LogP contribution in [0.1, 0.15) is 24.5 Å². The van der Waals surface area contributed by atoms with Crippen molar-refractivity contribution in [3.05, 3.63) is 21.7 Å². The molecule has 0 fully saturated rings. The summed E-state index contributed by atoms with van der Waals surface area (Å²) in [6, 6.07) is 2.05.